The van der Waals surface area contributed by atoms with E-state index in [1.807, 2.05) is 32.9 Å². The number of rotatable bonds is 1. The first-order chi connectivity index (χ1) is 8.24. The van der Waals surface area contributed by atoms with Crippen molar-refractivity contribution in [1.29, 1.82) is 0 Å². The summed E-state index contributed by atoms with van der Waals surface area (Å²) in [5.74, 6) is -0.213. The lowest BCUT2D eigenvalue weighted by atomic mass is 10.0. The highest BCUT2D eigenvalue weighted by Crippen LogP contribution is 2.27. The molecule has 1 fully saturated rings. The Kier molecular flexibility index (Phi) is 2.69. The van der Waals surface area contributed by atoms with Gasteiger partial charge in [0.1, 0.15) is 5.54 Å². The van der Waals surface area contributed by atoms with E-state index in [9.17, 15) is 9.59 Å². The largest absolute Gasteiger partial charge is 0.329 e. The summed E-state index contributed by atoms with van der Waals surface area (Å²) in [4.78, 5) is 25.3. The van der Waals surface area contributed by atoms with E-state index in [4.69, 9.17) is 0 Å². The Labute approximate surface area is 107 Å². The number of hydrogen-bond donors (Lipinski definition) is 1. The molecule has 1 aromatic carbocycles. The van der Waals surface area contributed by atoms with Crippen LogP contribution in [-0.2, 0) is 4.79 Å². The molecule has 1 saturated heterocycles. The van der Waals surface area contributed by atoms with Crippen molar-refractivity contribution < 1.29 is 9.59 Å². The van der Waals surface area contributed by atoms with Crippen LogP contribution >= 0.6 is 0 Å². The fourth-order valence-electron chi connectivity index (χ4n) is 2.12. The number of hydrogen-bond acceptors (Lipinski definition) is 2. The summed E-state index contributed by atoms with van der Waals surface area (Å²) >= 11 is 0. The maximum absolute atomic E-state index is 12.2. The van der Waals surface area contributed by atoms with Gasteiger partial charge in [0.15, 0.2) is 0 Å². The summed E-state index contributed by atoms with van der Waals surface area (Å²) in [5, 5.41) is 2.68. The van der Waals surface area contributed by atoms with E-state index < -0.39 is 5.54 Å². The third-order valence-electron chi connectivity index (χ3n) is 3.53. The van der Waals surface area contributed by atoms with Crippen molar-refractivity contribution in [3.8, 4) is 0 Å². The maximum atomic E-state index is 12.2. The molecule has 1 N–H and O–H groups in total. The molecule has 0 aromatic heterocycles. The number of carbonyl (C=O) groups is 2. The van der Waals surface area contributed by atoms with Gasteiger partial charge in [-0.25, -0.2) is 9.69 Å². The number of carbonyl (C=O) groups excluding carboxylic acids is 2. The predicted molar refractivity (Wildman–Crippen MR) is 70.7 cm³/mol. The average molecular weight is 246 g/mol. The Morgan fingerprint density at radius 1 is 1.06 bits per heavy atom. The van der Waals surface area contributed by atoms with Crippen molar-refractivity contribution in [1.82, 2.24) is 5.32 Å². The molecule has 0 aliphatic carbocycles. The van der Waals surface area contributed by atoms with Crippen molar-refractivity contribution in [3.63, 3.8) is 0 Å². The zero-order valence-electron chi connectivity index (χ0n) is 11.4. The normalized spacial score (nSPS) is 18.2. The monoisotopic (exact) mass is 246 g/mol. The summed E-state index contributed by atoms with van der Waals surface area (Å²) in [5.41, 5.74) is 3.16. The van der Waals surface area contributed by atoms with Crippen LogP contribution in [0.3, 0.4) is 0 Å². The molecule has 0 atom stereocenters. The molecule has 4 nitrogen and oxygen atoms in total. The molecule has 3 amide bonds. The topological polar surface area (TPSA) is 49.4 Å². The lowest BCUT2D eigenvalue weighted by Crippen LogP contribution is -2.40. The molecule has 1 aliphatic heterocycles. The smallest absolute Gasteiger partial charge is 0.323 e. The van der Waals surface area contributed by atoms with Gasteiger partial charge in [-0.2, -0.15) is 0 Å². The molecule has 1 aromatic rings. The molecule has 0 radical (unpaired) electrons. The summed E-state index contributed by atoms with van der Waals surface area (Å²) in [7, 11) is 0. The van der Waals surface area contributed by atoms with Crippen LogP contribution in [0.5, 0.6) is 0 Å². The molecule has 18 heavy (non-hydrogen) atoms. The lowest BCUT2D eigenvalue weighted by Gasteiger charge is -2.18. The van der Waals surface area contributed by atoms with E-state index >= 15 is 0 Å². The number of nitrogens with zero attached hydrogens (tertiary/aromatic N) is 1. The van der Waals surface area contributed by atoms with Crippen LogP contribution in [0, 0.1) is 20.8 Å². The minimum absolute atomic E-state index is 0.213. The molecule has 1 heterocycles. The van der Waals surface area contributed by atoms with Crippen LogP contribution < -0.4 is 10.2 Å². The van der Waals surface area contributed by atoms with E-state index in [2.05, 4.69) is 5.32 Å². The summed E-state index contributed by atoms with van der Waals surface area (Å²) in [6.07, 6.45) is 0. The molecular weight excluding hydrogens is 228 g/mol. The van der Waals surface area contributed by atoms with Gasteiger partial charge in [-0.15, -0.1) is 0 Å². The Bertz CT molecular complexity index is 524. The van der Waals surface area contributed by atoms with E-state index in [1.54, 1.807) is 13.8 Å². The quantitative estimate of drug-likeness (QED) is 0.774. The van der Waals surface area contributed by atoms with Crippen molar-refractivity contribution in [2.75, 3.05) is 4.90 Å². The number of amides is 3. The van der Waals surface area contributed by atoms with E-state index in [-0.39, 0.29) is 11.9 Å². The van der Waals surface area contributed by atoms with Gasteiger partial charge in [-0.05, 0) is 63.4 Å². The van der Waals surface area contributed by atoms with Crippen LogP contribution in [0.15, 0.2) is 12.1 Å². The van der Waals surface area contributed by atoms with E-state index in [1.165, 1.54) is 10.5 Å². The molecule has 1 aliphatic rings. The zero-order chi connectivity index (χ0) is 13.7. The van der Waals surface area contributed by atoms with Gasteiger partial charge in [0, 0.05) is 0 Å². The minimum Gasteiger partial charge on any atom is -0.323 e. The van der Waals surface area contributed by atoms with Crippen LogP contribution in [0.25, 0.3) is 0 Å². The molecular formula is C14H18N2O2. The van der Waals surface area contributed by atoms with Gasteiger partial charge in [0.25, 0.3) is 5.91 Å². The number of aryl methyl sites for hydroxylation is 2. The Morgan fingerprint density at radius 2 is 1.56 bits per heavy atom. The Morgan fingerprint density at radius 3 is 1.94 bits per heavy atom. The number of urea groups is 1. The third kappa shape index (κ3) is 1.78. The van der Waals surface area contributed by atoms with E-state index in [0.717, 1.165) is 11.1 Å². The van der Waals surface area contributed by atoms with Crippen molar-refractivity contribution in [2.45, 2.75) is 40.2 Å². The standard InChI is InChI=1S/C14H18N2O2/c1-8-6-11(7-9(2)10(8)3)16-12(17)14(4,5)15-13(16)18/h6-7H,1-5H3,(H,15,18). The molecule has 0 unspecified atom stereocenters. The van der Waals surface area contributed by atoms with Gasteiger partial charge in [0.05, 0.1) is 5.69 Å². The zero-order valence-corrected chi connectivity index (χ0v) is 11.4. The van der Waals surface area contributed by atoms with Gasteiger partial charge in [0.2, 0.25) is 0 Å². The first-order valence-electron chi connectivity index (χ1n) is 5.98. The summed E-state index contributed by atoms with van der Waals surface area (Å²) in [6, 6.07) is 3.40. The first kappa shape index (κ1) is 12.6. The number of imide groups is 1. The van der Waals surface area contributed by atoms with Crippen LogP contribution in [-0.4, -0.2) is 17.5 Å². The number of nitrogens with one attached hydrogen (secondary N) is 1. The first-order valence-corrected chi connectivity index (χ1v) is 5.98. The minimum atomic E-state index is -0.830. The summed E-state index contributed by atoms with van der Waals surface area (Å²) < 4.78 is 0. The van der Waals surface area contributed by atoms with Gasteiger partial charge in [-0.1, -0.05) is 0 Å². The predicted octanol–water partition coefficient (Wildman–Crippen LogP) is 2.45. The van der Waals surface area contributed by atoms with Crippen LogP contribution in [0.2, 0.25) is 0 Å². The van der Waals surface area contributed by atoms with Crippen LogP contribution in [0.1, 0.15) is 30.5 Å². The summed E-state index contributed by atoms with van der Waals surface area (Å²) in [6.45, 7) is 9.41. The van der Waals surface area contributed by atoms with Crippen molar-refractivity contribution in [3.05, 3.63) is 28.8 Å². The maximum Gasteiger partial charge on any atom is 0.329 e. The highest BCUT2D eigenvalue weighted by molar-refractivity contribution is 6.23. The third-order valence-corrected chi connectivity index (χ3v) is 3.53. The second-order valence-corrected chi connectivity index (χ2v) is 5.40. The highest BCUT2D eigenvalue weighted by atomic mass is 16.2. The lowest BCUT2D eigenvalue weighted by molar-refractivity contribution is -0.120. The fourth-order valence-corrected chi connectivity index (χ4v) is 2.12. The number of anilines is 1. The number of benzene rings is 1. The van der Waals surface area contributed by atoms with Crippen molar-refractivity contribution in [2.24, 2.45) is 0 Å². The van der Waals surface area contributed by atoms with Gasteiger partial charge in [-0.3, -0.25) is 4.79 Å². The fraction of sp³-hybridized carbons (Fsp3) is 0.429. The molecule has 2 rings (SSSR count). The SMILES string of the molecule is Cc1cc(N2C(=O)NC(C)(C)C2=O)cc(C)c1C. The van der Waals surface area contributed by atoms with Crippen molar-refractivity contribution >= 4 is 17.6 Å². The second-order valence-electron chi connectivity index (χ2n) is 5.40. The van der Waals surface area contributed by atoms with Gasteiger partial charge >= 0.3 is 6.03 Å². The molecule has 0 saturated carbocycles. The highest BCUT2D eigenvalue weighted by Gasteiger charge is 2.45. The molecule has 0 bridgehead atoms. The van der Waals surface area contributed by atoms with Crippen LogP contribution in [0.4, 0.5) is 10.5 Å². The Hall–Kier alpha value is -1.84. The van der Waals surface area contributed by atoms with E-state index in [0.29, 0.717) is 5.69 Å². The van der Waals surface area contributed by atoms with Gasteiger partial charge < -0.3 is 5.32 Å². The second kappa shape index (κ2) is 3.83. The molecule has 96 valence electrons. The Balaban J connectivity index is 2.50. The average Bonchev–Trinajstić information content (AvgIpc) is 2.44. The molecule has 0 spiro atoms. The molecule has 4 heteroatoms.